The maximum atomic E-state index is 11.9. The summed E-state index contributed by atoms with van der Waals surface area (Å²) in [6.07, 6.45) is 3.35. The van der Waals surface area contributed by atoms with Crippen molar-refractivity contribution in [3.05, 3.63) is 48.0 Å². The third kappa shape index (κ3) is 4.22. The number of nitrogens with one attached hydrogen (secondary N) is 2. The van der Waals surface area contributed by atoms with E-state index in [4.69, 9.17) is 0 Å². The number of urea groups is 1. The summed E-state index contributed by atoms with van der Waals surface area (Å²) < 4.78 is 0. The van der Waals surface area contributed by atoms with Crippen LogP contribution in [0.25, 0.3) is 10.8 Å². The first-order chi connectivity index (χ1) is 10.2. The summed E-state index contributed by atoms with van der Waals surface area (Å²) >= 11 is 0. The van der Waals surface area contributed by atoms with Crippen molar-refractivity contribution in [1.82, 2.24) is 10.6 Å². The topological polar surface area (TPSA) is 41.1 Å². The van der Waals surface area contributed by atoms with Gasteiger partial charge in [0.15, 0.2) is 0 Å². The highest BCUT2D eigenvalue weighted by atomic mass is 16.2. The van der Waals surface area contributed by atoms with E-state index < -0.39 is 0 Å². The molecule has 1 unspecified atom stereocenters. The fourth-order valence-electron chi connectivity index (χ4n) is 2.53. The number of carbonyl (C=O) groups excluding carboxylic acids is 1. The van der Waals surface area contributed by atoms with E-state index in [1.54, 1.807) is 0 Å². The summed E-state index contributed by atoms with van der Waals surface area (Å²) in [5.41, 5.74) is 1.15. The molecule has 2 aromatic carbocycles. The number of hydrogen-bond donors (Lipinski definition) is 2. The largest absolute Gasteiger partial charge is 0.338 e. The maximum absolute atomic E-state index is 11.9. The van der Waals surface area contributed by atoms with Gasteiger partial charge in [0, 0.05) is 6.54 Å². The molecule has 0 saturated heterocycles. The summed E-state index contributed by atoms with van der Waals surface area (Å²) in [6, 6.07) is 14.4. The molecule has 112 valence electrons. The van der Waals surface area contributed by atoms with E-state index in [0.717, 1.165) is 31.4 Å². The standard InChI is InChI=1S/C18H24N2O/c1-3-4-7-13-19-18(21)20-14(2)16-12-8-10-15-9-5-6-11-17(15)16/h5-6,8-12,14H,3-4,7,13H2,1-2H3,(H2,19,20,21). The Morgan fingerprint density at radius 1 is 1.10 bits per heavy atom. The molecule has 2 N–H and O–H groups in total. The van der Waals surface area contributed by atoms with E-state index in [0.29, 0.717) is 0 Å². The Bertz CT molecular complexity index is 589. The second-order valence-electron chi connectivity index (χ2n) is 5.40. The Morgan fingerprint density at radius 2 is 1.86 bits per heavy atom. The van der Waals surface area contributed by atoms with E-state index in [2.05, 4.69) is 41.8 Å². The minimum atomic E-state index is -0.0912. The molecular weight excluding hydrogens is 260 g/mol. The van der Waals surface area contributed by atoms with Gasteiger partial charge in [-0.05, 0) is 29.7 Å². The van der Waals surface area contributed by atoms with Gasteiger partial charge in [-0.1, -0.05) is 62.2 Å². The van der Waals surface area contributed by atoms with Gasteiger partial charge in [0.25, 0.3) is 0 Å². The van der Waals surface area contributed by atoms with Gasteiger partial charge < -0.3 is 10.6 Å². The zero-order valence-corrected chi connectivity index (χ0v) is 12.9. The lowest BCUT2D eigenvalue weighted by atomic mass is 10.00. The molecule has 0 spiro atoms. The van der Waals surface area contributed by atoms with Crippen LogP contribution in [0.4, 0.5) is 4.79 Å². The number of carbonyl (C=O) groups is 1. The number of hydrogen-bond acceptors (Lipinski definition) is 1. The Kier molecular flexibility index (Phi) is 5.61. The molecule has 0 aliphatic carbocycles. The fourth-order valence-corrected chi connectivity index (χ4v) is 2.53. The lowest BCUT2D eigenvalue weighted by Gasteiger charge is -2.17. The van der Waals surface area contributed by atoms with Crippen LogP contribution in [0.15, 0.2) is 42.5 Å². The fraction of sp³-hybridized carbons (Fsp3) is 0.389. The second kappa shape index (κ2) is 7.67. The molecule has 0 fully saturated rings. The van der Waals surface area contributed by atoms with Crippen molar-refractivity contribution in [2.75, 3.05) is 6.54 Å². The number of amides is 2. The highest BCUT2D eigenvalue weighted by Crippen LogP contribution is 2.23. The average molecular weight is 284 g/mol. The molecule has 0 aliphatic heterocycles. The van der Waals surface area contributed by atoms with Gasteiger partial charge in [-0.15, -0.1) is 0 Å². The minimum Gasteiger partial charge on any atom is -0.338 e. The maximum Gasteiger partial charge on any atom is 0.315 e. The van der Waals surface area contributed by atoms with Gasteiger partial charge in [0.2, 0.25) is 0 Å². The van der Waals surface area contributed by atoms with E-state index in [1.165, 1.54) is 10.8 Å². The third-order valence-corrected chi connectivity index (χ3v) is 3.70. The summed E-state index contributed by atoms with van der Waals surface area (Å²) in [6.45, 7) is 4.91. The van der Waals surface area contributed by atoms with E-state index in [9.17, 15) is 4.79 Å². The van der Waals surface area contributed by atoms with Gasteiger partial charge in [-0.25, -0.2) is 4.79 Å². The molecule has 2 amide bonds. The predicted octanol–water partition coefficient (Wildman–Crippen LogP) is 4.39. The van der Waals surface area contributed by atoms with Gasteiger partial charge in [-0.2, -0.15) is 0 Å². The molecule has 2 rings (SSSR count). The van der Waals surface area contributed by atoms with Crippen molar-refractivity contribution in [1.29, 1.82) is 0 Å². The SMILES string of the molecule is CCCCCNC(=O)NC(C)c1cccc2ccccc12. The van der Waals surface area contributed by atoms with Crippen LogP contribution < -0.4 is 10.6 Å². The number of rotatable bonds is 6. The van der Waals surface area contributed by atoms with Crippen LogP contribution in [0.2, 0.25) is 0 Å². The van der Waals surface area contributed by atoms with Crippen molar-refractivity contribution in [3.8, 4) is 0 Å². The summed E-state index contributed by atoms with van der Waals surface area (Å²) in [5, 5.41) is 8.33. The van der Waals surface area contributed by atoms with Gasteiger partial charge in [0.1, 0.15) is 0 Å². The molecule has 0 bridgehead atoms. The summed E-state index contributed by atoms with van der Waals surface area (Å²) in [4.78, 5) is 11.9. The first-order valence-electron chi connectivity index (χ1n) is 7.74. The Labute approximate surface area is 126 Å². The Balaban J connectivity index is 1.99. The predicted molar refractivity (Wildman–Crippen MR) is 88.4 cm³/mol. The average Bonchev–Trinajstić information content (AvgIpc) is 2.51. The molecule has 0 radical (unpaired) electrons. The molecule has 0 saturated carbocycles. The third-order valence-electron chi connectivity index (χ3n) is 3.70. The minimum absolute atomic E-state index is 0.0118. The van der Waals surface area contributed by atoms with Gasteiger partial charge in [0.05, 0.1) is 6.04 Å². The molecular formula is C18H24N2O. The first-order valence-corrected chi connectivity index (χ1v) is 7.74. The molecule has 0 aromatic heterocycles. The van der Waals surface area contributed by atoms with Crippen molar-refractivity contribution >= 4 is 16.8 Å². The zero-order valence-electron chi connectivity index (χ0n) is 12.9. The van der Waals surface area contributed by atoms with Crippen LogP contribution in [-0.2, 0) is 0 Å². The molecule has 3 heteroatoms. The van der Waals surface area contributed by atoms with Crippen LogP contribution in [0.1, 0.15) is 44.7 Å². The van der Waals surface area contributed by atoms with Crippen molar-refractivity contribution in [2.45, 2.75) is 39.2 Å². The lowest BCUT2D eigenvalue weighted by molar-refractivity contribution is 0.238. The molecule has 1 atom stereocenters. The normalized spacial score (nSPS) is 12.1. The van der Waals surface area contributed by atoms with Crippen LogP contribution in [-0.4, -0.2) is 12.6 Å². The molecule has 2 aromatic rings. The van der Waals surface area contributed by atoms with Crippen LogP contribution in [0.5, 0.6) is 0 Å². The van der Waals surface area contributed by atoms with Crippen LogP contribution in [0.3, 0.4) is 0 Å². The second-order valence-corrected chi connectivity index (χ2v) is 5.40. The van der Waals surface area contributed by atoms with Crippen LogP contribution >= 0.6 is 0 Å². The summed E-state index contributed by atoms with van der Waals surface area (Å²) in [7, 11) is 0. The van der Waals surface area contributed by atoms with E-state index >= 15 is 0 Å². The molecule has 21 heavy (non-hydrogen) atoms. The Hall–Kier alpha value is -2.03. The van der Waals surface area contributed by atoms with Gasteiger partial charge in [-0.3, -0.25) is 0 Å². The van der Waals surface area contributed by atoms with Crippen molar-refractivity contribution in [2.24, 2.45) is 0 Å². The van der Waals surface area contributed by atoms with E-state index in [-0.39, 0.29) is 12.1 Å². The Morgan fingerprint density at radius 3 is 2.67 bits per heavy atom. The highest BCUT2D eigenvalue weighted by Gasteiger charge is 2.11. The molecule has 0 heterocycles. The lowest BCUT2D eigenvalue weighted by Crippen LogP contribution is -2.37. The number of unbranched alkanes of at least 4 members (excludes halogenated alkanes) is 2. The van der Waals surface area contributed by atoms with Crippen LogP contribution in [0, 0.1) is 0 Å². The van der Waals surface area contributed by atoms with Gasteiger partial charge >= 0.3 is 6.03 Å². The summed E-state index contributed by atoms with van der Waals surface area (Å²) in [5.74, 6) is 0. The molecule has 0 aliphatic rings. The molecule has 3 nitrogen and oxygen atoms in total. The first kappa shape index (κ1) is 15.4. The number of fused-ring (bicyclic) bond motifs is 1. The van der Waals surface area contributed by atoms with Crippen molar-refractivity contribution in [3.63, 3.8) is 0 Å². The highest BCUT2D eigenvalue weighted by molar-refractivity contribution is 5.86. The van der Waals surface area contributed by atoms with E-state index in [1.807, 2.05) is 25.1 Å². The smallest absolute Gasteiger partial charge is 0.315 e. The quantitative estimate of drug-likeness (QED) is 0.759. The number of benzene rings is 2. The zero-order chi connectivity index (χ0) is 15.1. The monoisotopic (exact) mass is 284 g/mol. The van der Waals surface area contributed by atoms with Crippen molar-refractivity contribution < 1.29 is 4.79 Å².